The fraction of sp³-hybridized carbons (Fsp3) is 0.200. The number of nitrogens with zero attached hydrogens (tertiary/aromatic N) is 4. The van der Waals surface area contributed by atoms with Crippen LogP contribution < -0.4 is 5.32 Å². The van der Waals surface area contributed by atoms with Crippen LogP contribution in [0.1, 0.15) is 23.5 Å². The predicted molar refractivity (Wildman–Crippen MR) is 83.3 cm³/mol. The van der Waals surface area contributed by atoms with E-state index in [1.54, 1.807) is 23.5 Å². The van der Waals surface area contributed by atoms with Crippen LogP contribution in [0.2, 0.25) is 0 Å². The lowest BCUT2D eigenvalue weighted by Crippen LogP contribution is -2.11. The SMILES string of the molecule is CC(CNc1ccc(C#N)nn1)c1nc2ccccc2s1. The molecule has 0 aliphatic carbocycles. The lowest BCUT2D eigenvalue weighted by Gasteiger charge is -2.09. The molecule has 0 spiro atoms. The monoisotopic (exact) mass is 295 g/mol. The largest absolute Gasteiger partial charge is 0.368 e. The van der Waals surface area contributed by atoms with Gasteiger partial charge in [0.15, 0.2) is 5.69 Å². The van der Waals surface area contributed by atoms with Crippen molar-refractivity contribution in [2.24, 2.45) is 0 Å². The van der Waals surface area contributed by atoms with E-state index in [2.05, 4.69) is 33.5 Å². The second-order valence-electron chi connectivity index (χ2n) is 4.72. The van der Waals surface area contributed by atoms with Crippen LogP contribution >= 0.6 is 11.3 Å². The summed E-state index contributed by atoms with van der Waals surface area (Å²) in [6.45, 7) is 2.85. The summed E-state index contributed by atoms with van der Waals surface area (Å²) >= 11 is 1.72. The zero-order valence-electron chi connectivity index (χ0n) is 11.4. The van der Waals surface area contributed by atoms with E-state index in [1.807, 2.05) is 24.3 Å². The van der Waals surface area contributed by atoms with Crippen LogP contribution in [0.25, 0.3) is 10.2 Å². The van der Waals surface area contributed by atoms with Crippen molar-refractivity contribution < 1.29 is 0 Å². The molecule has 2 heterocycles. The molecule has 0 aliphatic heterocycles. The number of nitrogens with one attached hydrogen (secondary N) is 1. The number of fused-ring (bicyclic) bond motifs is 1. The van der Waals surface area contributed by atoms with Gasteiger partial charge in [0.2, 0.25) is 0 Å². The number of hydrogen-bond acceptors (Lipinski definition) is 6. The number of para-hydroxylation sites is 1. The Morgan fingerprint density at radius 3 is 2.81 bits per heavy atom. The molecule has 2 aromatic heterocycles. The average Bonchev–Trinajstić information content (AvgIpc) is 2.97. The first-order valence-electron chi connectivity index (χ1n) is 6.59. The van der Waals surface area contributed by atoms with Gasteiger partial charge in [-0.3, -0.25) is 0 Å². The van der Waals surface area contributed by atoms with Gasteiger partial charge in [-0.25, -0.2) is 4.98 Å². The minimum atomic E-state index is 0.278. The number of thiazole rings is 1. The number of aromatic nitrogens is 3. The van der Waals surface area contributed by atoms with Crippen LogP contribution in [-0.2, 0) is 0 Å². The van der Waals surface area contributed by atoms with Gasteiger partial charge < -0.3 is 5.32 Å². The number of benzene rings is 1. The van der Waals surface area contributed by atoms with E-state index in [0.29, 0.717) is 11.5 Å². The second-order valence-corrected chi connectivity index (χ2v) is 5.78. The summed E-state index contributed by atoms with van der Waals surface area (Å²) in [5.74, 6) is 0.946. The lowest BCUT2D eigenvalue weighted by atomic mass is 10.2. The van der Waals surface area contributed by atoms with Crippen LogP contribution in [0, 0.1) is 11.3 Å². The molecule has 0 aliphatic rings. The molecule has 0 amide bonds. The topological polar surface area (TPSA) is 74.5 Å². The molecule has 0 saturated heterocycles. The summed E-state index contributed by atoms with van der Waals surface area (Å²) in [5, 5.41) is 20.8. The minimum Gasteiger partial charge on any atom is -0.368 e. The van der Waals surface area contributed by atoms with Crippen molar-refractivity contribution >= 4 is 27.4 Å². The molecule has 0 radical (unpaired) electrons. The molecule has 0 bridgehead atoms. The second kappa shape index (κ2) is 5.85. The van der Waals surface area contributed by atoms with E-state index in [9.17, 15) is 0 Å². The van der Waals surface area contributed by atoms with Crippen molar-refractivity contribution in [3.63, 3.8) is 0 Å². The Bertz CT molecular complexity index is 755. The van der Waals surface area contributed by atoms with Gasteiger partial charge in [0.05, 0.1) is 15.2 Å². The number of hydrogen-bond donors (Lipinski definition) is 1. The first-order valence-corrected chi connectivity index (χ1v) is 7.41. The van der Waals surface area contributed by atoms with E-state index in [-0.39, 0.29) is 5.92 Å². The number of rotatable bonds is 4. The normalized spacial score (nSPS) is 12.0. The molecule has 3 aromatic rings. The Kier molecular flexibility index (Phi) is 3.75. The summed E-state index contributed by atoms with van der Waals surface area (Å²) in [7, 11) is 0. The molecule has 6 heteroatoms. The van der Waals surface area contributed by atoms with Crippen LogP contribution in [0.5, 0.6) is 0 Å². The number of nitriles is 1. The first kappa shape index (κ1) is 13.5. The van der Waals surface area contributed by atoms with Gasteiger partial charge in [0, 0.05) is 12.5 Å². The van der Waals surface area contributed by atoms with Crippen LogP contribution in [-0.4, -0.2) is 21.7 Å². The maximum Gasteiger partial charge on any atom is 0.163 e. The highest BCUT2D eigenvalue weighted by Crippen LogP contribution is 2.27. The van der Waals surface area contributed by atoms with Crippen molar-refractivity contribution in [2.45, 2.75) is 12.8 Å². The molecular weight excluding hydrogens is 282 g/mol. The van der Waals surface area contributed by atoms with Crippen LogP contribution in [0.4, 0.5) is 5.82 Å². The molecular formula is C15H13N5S. The third-order valence-electron chi connectivity index (χ3n) is 3.10. The first-order chi connectivity index (χ1) is 10.3. The smallest absolute Gasteiger partial charge is 0.163 e. The van der Waals surface area contributed by atoms with E-state index in [1.165, 1.54) is 4.70 Å². The maximum absolute atomic E-state index is 8.68. The Labute approximate surface area is 126 Å². The Hall–Kier alpha value is -2.52. The predicted octanol–water partition coefficient (Wildman–Crippen LogP) is 3.17. The van der Waals surface area contributed by atoms with Crippen LogP contribution in [0.15, 0.2) is 36.4 Å². The summed E-state index contributed by atoms with van der Waals surface area (Å²) in [6.07, 6.45) is 0. The summed E-state index contributed by atoms with van der Waals surface area (Å²) in [4.78, 5) is 4.65. The summed E-state index contributed by atoms with van der Waals surface area (Å²) in [6, 6.07) is 13.5. The summed E-state index contributed by atoms with van der Waals surface area (Å²) < 4.78 is 1.21. The summed E-state index contributed by atoms with van der Waals surface area (Å²) in [5.41, 5.74) is 1.36. The highest BCUT2D eigenvalue weighted by atomic mass is 32.1. The molecule has 1 atom stereocenters. The molecule has 1 unspecified atom stereocenters. The van der Waals surface area contributed by atoms with E-state index >= 15 is 0 Å². The van der Waals surface area contributed by atoms with Gasteiger partial charge >= 0.3 is 0 Å². The molecule has 21 heavy (non-hydrogen) atoms. The molecule has 3 rings (SSSR count). The molecule has 0 fully saturated rings. The van der Waals surface area contributed by atoms with Gasteiger partial charge in [-0.05, 0) is 24.3 Å². The van der Waals surface area contributed by atoms with Crippen molar-refractivity contribution in [3.8, 4) is 6.07 Å². The van der Waals surface area contributed by atoms with Gasteiger partial charge in [0.25, 0.3) is 0 Å². The van der Waals surface area contributed by atoms with Crippen molar-refractivity contribution in [1.29, 1.82) is 5.26 Å². The fourth-order valence-electron chi connectivity index (χ4n) is 1.93. The molecule has 0 saturated carbocycles. The molecule has 1 N–H and O–H groups in total. The Balaban J connectivity index is 1.68. The number of anilines is 1. The van der Waals surface area contributed by atoms with Crippen LogP contribution in [0.3, 0.4) is 0 Å². The minimum absolute atomic E-state index is 0.278. The fourth-order valence-corrected chi connectivity index (χ4v) is 2.95. The van der Waals surface area contributed by atoms with Gasteiger partial charge in [-0.1, -0.05) is 19.1 Å². The Morgan fingerprint density at radius 2 is 2.10 bits per heavy atom. The van der Waals surface area contributed by atoms with E-state index in [0.717, 1.165) is 17.1 Å². The Morgan fingerprint density at radius 1 is 1.24 bits per heavy atom. The average molecular weight is 295 g/mol. The lowest BCUT2D eigenvalue weighted by molar-refractivity contribution is 0.791. The maximum atomic E-state index is 8.68. The molecule has 5 nitrogen and oxygen atoms in total. The van der Waals surface area contributed by atoms with Gasteiger partial charge in [0.1, 0.15) is 11.9 Å². The van der Waals surface area contributed by atoms with Gasteiger partial charge in [-0.15, -0.1) is 21.5 Å². The van der Waals surface area contributed by atoms with E-state index < -0.39 is 0 Å². The zero-order chi connectivity index (χ0) is 14.7. The van der Waals surface area contributed by atoms with Gasteiger partial charge in [-0.2, -0.15) is 5.26 Å². The molecule has 104 valence electrons. The standard InChI is InChI=1S/C15H13N5S/c1-10(9-17-14-7-6-11(8-16)19-20-14)15-18-12-4-2-3-5-13(12)21-15/h2-7,10H,9H2,1H3,(H,17,20). The van der Waals surface area contributed by atoms with Crippen molar-refractivity contribution in [3.05, 3.63) is 47.1 Å². The third kappa shape index (κ3) is 2.98. The zero-order valence-corrected chi connectivity index (χ0v) is 12.3. The quantitative estimate of drug-likeness (QED) is 0.800. The van der Waals surface area contributed by atoms with Crippen molar-refractivity contribution in [2.75, 3.05) is 11.9 Å². The highest BCUT2D eigenvalue weighted by Gasteiger charge is 2.11. The third-order valence-corrected chi connectivity index (χ3v) is 4.37. The molecule has 1 aromatic carbocycles. The highest BCUT2D eigenvalue weighted by molar-refractivity contribution is 7.18. The van der Waals surface area contributed by atoms with Crippen molar-refractivity contribution in [1.82, 2.24) is 15.2 Å². The van der Waals surface area contributed by atoms with E-state index in [4.69, 9.17) is 5.26 Å².